The number of nitrogens with zero attached hydrogens (tertiary/aromatic N) is 3. The van der Waals surface area contributed by atoms with Gasteiger partial charge < -0.3 is 9.47 Å². The van der Waals surface area contributed by atoms with Crippen LogP contribution in [-0.4, -0.2) is 59.8 Å². The summed E-state index contributed by atoms with van der Waals surface area (Å²) in [6.45, 7) is 3.11. The normalized spacial score (nSPS) is 29.8. The van der Waals surface area contributed by atoms with Gasteiger partial charge in [0, 0.05) is 31.9 Å². The van der Waals surface area contributed by atoms with Crippen molar-refractivity contribution in [1.82, 2.24) is 14.3 Å². The highest BCUT2D eigenvalue weighted by Crippen LogP contribution is 2.36. The molecule has 0 aliphatic carbocycles. The molecule has 3 heterocycles. The van der Waals surface area contributed by atoms with Gasteiger partial charge in [0.2, 0.25) is 10.0 Å². The first-order valence-corrected chi connectivity index (χ1v) is 9.19. The third-order valence-electron chi connectivity index (χ3n) is 4.25. The maximum absolute atomic E-state index is 12.1. The molecule has 1 aromatic heterocycles. The molecule has 7 nitrogen and oxygen atoms in total. The van der Waals surface area contributed by atoms with Crippen LogP contribution in [0.3, 0.4) is 0 Å². The molecule has 3 rings (SSSR count). The first kappa shape index (κ1) is 15.6. The molecule has 2 atom stereocenters. The predicted molar refractivity (Wildman–Crippen MR) is 80.0 cm³/mol. The first-order valence-electron chi connectivity index (χ1n) is 7.58. The summed E-state index contributed by atoms with van der Waals surface area (Å²) in [5, 5.41) is 0. The van der Waals surface area contributed by atoms with Gasteiger partial charge in [0.15, 0.2) is 0 Å². The summed E-state index contributed by atoms with van der Waals surface area (Å²) in [5.74, 6) is 0.126. The molecule has 0 N–H and O–H groups in total. The standard InChI is InChI=1S/C14H21N3O4S/c1-2-22(18,19)17-8-3-5-14(11-17)9-12(10-20-14)21-13-15-6-4-7-16-13/h4,6-7,12H,2-3,5,8-11H2,1H3/t12-,14+/m1/s1. The molecule has 0 bridgehead atoms. The topological polar surface area (TPSA) is 81.6 Å². The average Bonchev–Trinajstić information content (AvgIpc) is 2.90. The highest BCUT2D eigenvalue weighted by molar-refractivity contribution is 7.89. The van der Waals surface area contributed by atoms with E-state index >= 15 is 0 Å². The van der Waals surface area contributed by atoms with Gasteiger partial charge >= 0.3 is 6.01 Å². The number of aromatic nitrogens is 2. The minimum Gasteiger partial charge on any atom is -0.458 e. The minimum absolute atomic E-state index is 0.126. The quantitative estimate of drug-likeness (QED) is 0.815. The maximum atomic E-state index is 12.1. The van der Waals surface area contributed by atoms with E-state index in [4.69, 9.17) is 9.47 Å². The summed E-state index contributed by atoms with van der Waals surface area (Å²) in [6, 6.07) is 2.07. The lowest BCUT2D eigenvalue weighted by Gasteiger charge is -2.38. The highest BCUT2D eigenvalue weighted by Gasteiger charge is 2.46. The Morgan fingerprint density at radius 1 is 1.45 bits per heavy atom. The molecule has 0 unspecified atom stereocenters. The van der Waals surface area contributed by atoms with E-state index in [0.29, 0.717) is 32.1 Å². The second-order valence-electron chi connectivity index (χ2n) is 5.81. The fraction of sp³-hybridized carbons (Fsp3) is 0.714. The third-order valence-corrected chi connectivity index (χ3v) is 6.08. The number of hydrogen-bond donors (Lipinski definition) is 0. The lowest BCUT2D eigenvalue weighted by molar-refractivity contribution is -0.0339. The zero-order valence-electron chi connectivity index (χ0n) is 12.6. The van der Waals surface area contributed by atoms with Crippen LogP contribution in [0.25, 0.3) is 0 Å². The second-order valence-corrected chi connectivity index (χ2v) is 8.06. The lowest BCUT2D eigenvalue weighted by atomic mass is 9.90. The number of sulfonamides is 1. The molecular weight excluding hydrogens is 306 g/mol. The van der Waals surface area contributed by atoms with Crippen molar-refractivity contribution in [3.8, 4) is 6.01 Å². The molecule has 8 heteroatoms. The molecule has 2 aliphatic heterocycles. The summed E-state index contributed by atoms with van der Waals surface area (Å²) in [5.41, 5.74) is -0.431. The van der Waals surface area contributed by atoms with Gasteiger partial charge in [0.1, 0.15) is 6.10 Å². The van der Waals surface area contributed by atoms with Crippen molar-refractivity contribution in [3.05, 3.63) is 18.5 Å². The molecule has 22 heavy (non-hydrogen) atoms. The number of hydrogen-bond acceptors (Lipinski definition) is 6. The molecule has 2 aliphatic rings. The predicted octanol–water partition coefficient (Wildman–Crippen LogP) is 0.829. The van der Waals surface area contributed by atoms with E-state index in [0.717, 1.165) is 12.8 Å². The summed E-state index contributed by atoms with van der Waals surface area (Å²) in [7, 11) is -3.17. The van der Waals surface area contributed by atoms with E-state index in [9.17, 15) is 8.42 Å². The smallest absolute Gasteiger partial charge is 0.316 e. The van der Waals surface area contributed by atoms with Crippen LogP contribution < -0.4 is 4.74 Å². The Kier molecular flexibility index (Phi) is 4.33. The average molecular weight is 327 g/mol. The molecule has 2 fully saturated rings. The van der Waals surface area contributed by atoms with Crippen LogP contribution in [0.1, 0.15) is 26.2 Å². The molecule has 1 spiro atoms. The van der Waals surface area contributed by atoms with Crippen LogP contribution >= 0.6 is 0 Å². The summed E-state index contributed by atoms with van der Waals surface area (Å²) < 4.78 is 37.4. The summed E-state index contributed by atoms with van der Waals surface area (Å²) in [4.78, 5) is 8.10. The van der Waals surface area contributed by atoms with Gasteiger partial charge in [-0.1, -0.05) is 0 Å². The minimum atomic E-state index is -3.17. The number of ether oxygens (including phenoxy) is 2. The van der Waals surface area contributed by atoms with Crippen LogP contribution in [0.5, 0.6) is 6.01 Å². The Hall–Kier alpha value is -1.25. The molecule has 0 radical (unpaired) electrons. The first-order chi connectivity index (χ1) is 10.5. The van der Waals surface area contributed by atoms with Crippen LogP contribution in [0, 0.1) is 0 Å². The van der Waals surface area contributed by atoms with E-state index in [1.807, 2.05) is 0 Å². The van der Waals surface area contributed by atoms with Gasteiger partial charge in [-0.05, 0) is 25.8 Å². The van der Waals surface area contributed by atoms with Crippen molar-refractivity contribution in [2.75, 3.05) is 25.4 Å². The van der Waals surface area contributed by atoms with E-state index in [1.165, 1.54) is 0 Å². The van der Waals surface area contributed by atoms with Gasteiger partial charge in [0.05, 0.1) is 18.0 Å². The zero-order valence-corrected chi connectivity index (χ0v) is 13.5. The van der Waals surface area contributed by atoms with Crippen molar-refractivity contribution in [1.29, 1.82) is 0 Å². The molecule has 0 amide bonds. The fourth-order valence-electron chi connectivity index (χ4n) is 3.14. The van der Waals surface area contributed by atoms with Gasteiger partial charge in [-0.15, -0.1) is 0 Å². The van der Waals surface area contributed by atoms with Crippen molar-refractivity contribution in [2.45, 2.75) is 37.9 Å². The Bertz CT molecular complexity index is 610. The SMILES string of the molecule is CCS(=O)(=O)N1CCC[C@]2(C[C@@H](Oc3ncccn3)CO2)C1. The highest BCUT2D eigenvalue weighted by atomic mass is 32.2. The van der Waals surface area contributed by atoms with E-state index in [1.54, 1.807) is 29.7 Å². The van der Waals surface area contributed by atoms with Crippen molar-refractivity contribution < 1.29 is 17.9 Å². The lowest BCUT2D eigenvalue weighted by Crippen LogP contribution is -2.50. The third kappa shape index (κ3) is 3.23. The largest absolute Gasteiger partial charge is 0.458 e. The Labute approximate surface area is 130 Å². The van der Waals surface area contributed by atoms with E-state index < -0.39 is 15.6 Å². The molecule has 2 saturated heterocycles. The maximum Gasteiger partial charge on any atom is 0.316 e. The fourth-order valence-corrected chi connectivity index (χ4v) is 4.34. The monoisotopic (exact) mass is 327 g/mol. The van der Waals surface area contributed by atoms with Gasteiger partial charge in [-0.3, -0.25) is 0 Å². The Balaban J connectivity index is 1.65. The molecular formula is C14H21N3O4S. The van der Waals surface area contributed by atoms with Crippen molar-refractivity contribution in [2.24, 2.45) is 0 Å². The molecule has 0 saturated carbocycles. The second kappa shape index (κ2) is 6.10. The number of rotatable bonds is 4. The molecule has 1 aromatic rings. The summed E-state index contributed by atoms with van der Waals surface area (Å²) >= 11 is 0. The van der Waals surface area contributed by atoms with Crippen LogP contribution in [0.2, 0.25) is 0 Å². The zero-order chi connectivity index (χ0) is 15.6. The van der Waals surface area contributed by atoms with Crippen molar-refractivity contribution in [3.63, 3.8) is 0 Å². The van der Waals surface area contributed by atoms with Gasteiger partial charge in [-0.2, -0.15) is 4.31 Å². The van der Waals surface area contributed by atoms with Crippen LogP contribution in [0.4, 0.5) is 0 Å². The van der Waals surface area contributed by atoms with Crippen molar-refractivity contribution >= 4 is 10.0 Å². The van der Waals surface area contributed by atoms with Crippen LogP contribution in [0.15, 0.2) is 18.5 Å². The Morgan fingerprint density at radius 2 is 2.23 bits per heavy atom. The van der Waals surface area contributed by atoms with E-state index in [2.05, 4.69) is 9.97 Å². The molecule has 0 aromatic carbocycles. The molecule has 122 valence electrons. The summed E-state index contributed by atoms with van der Waals surface area (Å²) in [6.07, 6.45) is 5.47. The Morgan fingerprint density at radius 3 is 2.95 bits per heavy atom. The van der Waals surface area contributed by atoms with Crippen LogP contribution in [-0.2, 0) is 14.8 Å². The number of piperidine rings is 1. The van der Waals surface area contributed by atoms with Gasteiger partial charge in [0.25, 0.3) is 0 Å². The van der Waals surface area contributed by atoms with Gasteiger partial charge in [-0.25, -0.2) is 18.4 Å². The van der Waals surface area contributed by atoms with E-state index in [-0.39, 0.29) is 11.9 Å².